The minimum atomic E-state index is -0.901. The molecule has 8 aromatic rings. The van der Waals surface area contributed by atoms with Crippen LogP contribution < -0.4 is 9.47 Å². The van der Waals surface area contributed by atoms with Crippen LogP contribution in [0.4, 0.5) is 0 Å². The van der Waals surface area contributed by atoms with Gasteiger partial charge in [-0.2, -0.15) is 0 Å². The van der Waals surface area contributed by atoms with Gasteiger partial charge in [0.1, 0.15) is 11.5 Å². The zero-order valence-corrected chi connectivity index (χ0v) is 34.6. The molecule has 10 rings (SSSR count). The molecule has 0 spiro atoms. The predicted molar refractivity (Wildman–Crippen MR) is 245 cm³/mol. The molecule has 6 atom stereocenters. The second-order valence-corrected chi connectivity index (χ2v) is 16.3. The Balaban J connectivity index is 0.000000162. The number of carboxylic acid groups (broad SMARTS) is 2. The van der Waals surface area contributed by atoms with E-state index in [-0.39, 0.29) is 0 Å². The van der Waals surface area contributed by atoms with Crippen molar-refractivity contribution in [2.75, 3.05) is 0 Å². The molecule has 8 heteroatoms. The molecule has 0 bridgehead atoms. The van der Waals surface area contributed by atoms with E-state index < -0.39 is 71.2 Å². The smallest absolute Gasteiger partial charge is 0.315 e. The van der Waals surface area contributed by atoms with Crippen LogP contribution in [0, 0.1) is 23.7 Å². The molecule has 0 aliphatic heterocycles. The van der Waals surface area contributed by atoms with E-state index in [1.807, 2.05) is 194 Å². The van der Waals surface area contributed by atoms with Crippen LogP contribution >= 0.6 is 0 Å². The van der Waals surface area contributed by atoms with Crippen LogP contribution in [0.3, 0.4) is 0 Å². The number of carbonyl (C=O) groups is 4. The molecule has 8 aromatic carbocycles. The summed E-state index contributed by atoms with van der Waals surface area (Å²) in [7, 11) is 0. The van der Waals surface area contributed by atoms with E-state index in [9.17, 15) is 29.4 Å². The zero-order valence-electron chi connectivity index (χ0n) is 34.6. The minimum Gasteiger partial charge on any atom is -0.481 e. The van der Waals surface area contributed by atoms with Crippen molar-refractivity contribution in [1.82, 2.24) is 0 Å². The first-order chi connectivity index (χ1) is 31.3. The Morgan fingerprint density at radius 1 is 0.312 bits per heavy atom. The number of carbonyl (C=O) groups excluding carboxylic acids is 2. The molecule has 0 radical (unpaired) electrons. The second kappa shape index (κ2) is 18.2. The molecule has 0 heterocycles. The normalized spacial score (nSPS) is 22.1. The summed E-state index contributed by atoms with van der Waals surface area (Å²) >= 11 is 0. The van der Waals surface area contributed by atoms with Crippen molar-refractivity contribution in [3.05, 3.63) is 229 Å². The molecule has 0 aromatic heterocycles. The van der Waals surface area contributed by atoms with Crippen molar-refractivity contribution in [2.24, 2.45) is 23.7 Å². The average Bonchev–Trinajstić information content (AvgIpc) is 3.30. The standard InChI is InChI=1S/2C28H22O4/c2*29-27(30)25-23(19-11-3-1-4-12-19)26(24(25)20-13-5-2-6-14-20)28(31)32-22-17-9-15-18-10-7-8-16-21(18)22/h2*1-17,23-26H,(H,29,30)/t23-,24?,25?,26?;23-,24-,25?,26?/m01/s1. The van der Waals surface area contributed by atoms with Gasteiger partial charge >= 0.3 is 23.9 Å². The number of esters is 2. The lowest BCUT2D eigenvalue weighted by Gasteiger charge is -2.49. The Morgan fingerprint density at radius 3 is 0.875 bits per heavy atom. The molecule has 0 saturated heterocycles. The maximum Gasteiger partial charge on any atom is 0.315 e. The third kappa shape index (κ3) is 8.02. The Bertz CT molecular complexity index is 2630. The van der Waals surface area contributed by atoms with Gasteiger partial charge in [0.25, 0.3) is 0 Å². The molecule has 3 unspecified atom stereocenters. The maximum atomic E-state index is 13.6. The van der Waals surface area contributed by atoms with Crippen molar-refractivity contribution in [2.45, 2.75) is 23.7 Å². The van der Waals surface area contributed by atoms with Crippen LogP contribution in [0.25, 0.3) is 21.5 Å². The largest absolute Gasteiger partial charge is 0.481 e. The molecule has 316 valence electrons. The number of aliphatic carboxylic acids is 2. The van der Waals surface area contributed by atoms with Gasteiger partial charge in [-0.3, -0.25) is 19.2 Å². The summed E-state index contributed by atoms with van der Waals surface area (Å²) in [5, 5.41) is 23.8. The molecular weight excluding hydrogens is 801 g/mol. The van der Waals surface area contributed by atoms with E-state index in [4.69, 9.17) is 9.47 Å². The maximum absolute atomic E-state index is 13.6. The van der Waals surface area contributed by atoms with Crippen molar-refractivity contribution in [3.8, 4) is 11.5 Å². The molecule has 2 aliphatic carbocycles. The molecule has 64 heavy (non-hydrogen) atoms. The number of fused-ring (bicyclic) bond motifs is 2. The summed E-state index contributed by atoms with van der Waals surface area (Å²) in [5.41, 5.74) is 3.36. The predicted octanol–water partition coefficient (Wildman–Crippen LogP) is 11.3. The summed E-state index contributed by atoms with van der Waals surface area (Å²) < 4.78 is 11.9. The fourth-order valence-electron chi connectivity index (χ4n) is 9.98. The van der Waals surface area contributed by atoms with Gasteiger partial charge in [0.05, 0.1) is 23.7 Å². The van der Waals surface area contributed by atoms with Gasteiger partial charge in [-0.05, 0) is 45.2 Å². The van der Waals surface area contributed by atoms with E-state index in [1.54, 1.807) is 12.1 Å². The van der Waals surface area contributed by atoms with Crippen LogP contribution in [-0.2, 0) is 19.2 Å². The first-order valence-corrected chi connectivity index (χ1v) is 21.3. The number of hydrogen-bond donors (Lipinski definition) is 2. The fourth-order valence-corrected chi connectivity index (χ4v) is 9.98. The van der Waals surface area contributed by atoms with E-state index in [0.717, 1.165) is 43.8 Å². The molecule has 2 fully saturated rings. The molecule has 2 saturated carbocycles. The molecule has 2 aliphatic rings. The first kappa shape index (κ1) is 41.5. The second-order valence-electron chi connectivity index (χ2n) is 16.3. The quantitative estimate of drug-likeness (QED) is 0.103. The summed E-state index contributed by atoms with van der Waals surface area (Å²) in [5.74, 6) is -6.05. The van der Waals surface area contributed by atoms with Crippen LogP contribution in [-0.4, -0.2) is 34.1 Å². The van der Waals surface area contributed by atoms with Crippen molar-refractivity contribution >= 4 is 45.4 Å². The molecular formula is C56H44O8. The number of ether oxygens (including phenoxy) is 2. The minimum absolute atomic E-state index is 0.401. The van der Waals surface area contributed by atoms with Crippen LogP contribution in [0.2, 0.25) is 0 Å². The Morgan fingerprint density at radius 2 is 0.578 bits per heavy atom. The molecule has 2 N–H and O–H groups in total. The van der Waals surface area contributed by atoms with Gasteiger partial charge in [-0.1, -0.05) is 194 Å². The number of benzene rings is 8. The highest BCUT2D eigenvalue weighted by Gasteiger charge is 2.60. The molecule has 8 nitrogen and oxygen atoms in total. The van der Waals surface area contributed by atoms with Gasteiger partial charge in [-0.15, -0.1) is 0 Å². The van der Waals surface area contributed by atoms with Crippen molar-refractivity contribution in [1.29, 1.82) is 0 Å². The Labute approximate surface area is 370 Å². The third-order valence-corrected chi connectivity index (χ3v) is 12.9. The Hall–Kier alpha value is -7.84. The lowest BCUT2D eigenvalue weighted by Crippen LogP contribution is -2.52. The number of rotatable bonds is 10. The lowest BCUT2D eigenvalue weighted by atomic mass is 9.52. The SMILES string of the molecule is O=C(O)C1C(c2ccccc2)C(C(=O)Oc2cccc3ccccc23)[C@H]1c1ccccc1.O=C(O)C1[C@@H](c2ccccc2)C(C(=O)Oc2cccc3ccccc23)[C@@H]1c1ccccc1. The summed E-state index contributed by atoms with van der Waals surface area (Å²) in [6.07, 6.45) is 0. The van der Waals surface area contributed by atoms with Gasteiger partial charge in [0.15, 0.2) is 0 Å². The monoisotopic (exact) mass is 844 g/mol. The highest BCUT2D eigenvalue weighted by molar-refractivity contribution is 5.93. The van der Waals surface area contributed by atoms with E-state index in [0.29, 0.717) is 11.5 Å². The summed E-state index contributed by atoms with van der Waals surface area (Å²) in [6, 6.07) is 64.3. The fraction of sp³-hybridized carbons (Fsp3) is 0.143. The molecule has 0 amide bonds. The van der Waals surface area contributed by atoms with Crippen molar-refractivity contribution in [3.63, 3.8) is 0 Å². The highest BCUT2D eigenvalue weighted by Crippen LogP contribution is 2.59. The van der Waals surface area contributed by atoms with Crippen LogP contribution in [0.5, 0.6) is 11.5 Å². The zero-order chi connectivity index (χ0) is 44.2. The topological polar surface area (TPSA) is 127 Å². The third-order valence-electron chi connectivity index (χ3n) is 12.9. The van der Waals surface area contributed by atoms with Gasteiger partial charge < -0.3 is 19.7 Å². The number of carboxylic acids is 2. The van der Waals surface area contributed by atoms with Gasteiger partial charge in [0, 0.05) is 34.4 Å². The summed E-state index contributed by atoms with van der Waals surface area (Å²) in [6.45, 7) is 0. The average molecular weight is 845 g/mol. The first-order valence-electron chi connectivity index (χ1n) is 21.3. The van der Waals surface area contributed by atoms with Crippen molar-refractivity contribution < 1.29 is 38.9 Å². The highest BCUT2D eigenvalue weighted by atomic mass is 16.5. The summed E-state index contributed by atoms with van der Waals surface area (Å²) in [4.78, 5) is 51.7. The van der Waals surface area contributed by atoms with Gasteiger partial charge in [-0.25, -0.2) is 0 Å². The number of hydrogen-bond acceptors (Lipinski definition) is 6. The van der Waals surface area contributed by atoms with Crippen LogP contribution in [0.15, 0.2) is 206 Å². The van der Waals surface area contributed by atoms with Crippen LogP contribution in [0.1, 0.15) is 45.9 Å². The van der Waals surface area contributed by atoms with E-state index in [2.05, 4.69) is 0 Å². The van der Waals surface area contributed by atoms with Gasteiger partial charge in [0.2, 0.25) is 0 Å². The van der Waals surface area contributed by atoms with E-state index >= 15 is 0 Å². The Kier molecular flexibility index (Phi) is 11.8. The van der Waals surface area contributed by atoms with E-state index in [1.165, 1.54) is 0 Å². The lowest BCUT2D eigenvalue weighted by molar-refractivity contribution is -0.160.